The molecule has 2 atom stereocenters. The van der Waals surface area contributed by atoms with Crippen LogP contribution >= 0.6 is 0 Å². The molecule has 1 aromatic rings. The lowest BCUT2D eigenvalue weighted by Crippen LogP contribution is -2.27. The normalized spacial score (nSPS) is 26.0. The Morgan fingerprint density at radius 2 is 1.95 bits per heavy atom. The van der Waals surface area contributed by atoms with Gasteiger partial charge < -0.3 is 15.2 Å². The smallest absolute Gasteiger partial charge is 0.119 e. The summed E-state index contributed by atoms with van der Waals surface area (Å²) in [6.45, 7) is 2.66. The van der Waals surface area contributed by atoms with E-state index < -0.39 is 0 Å². The maximum Gasteiger partial charge on any atom is 0.119 e. The van der Waals surface area contributed by atoms with Crippen molar-refractivity contribution in [2.24, 2.45) is 5.73 Å². The van der Waals surface area contributed by atoms with E-state index in [1.54, 1.807) is 0 Å². The summed E-state index contributed by atoms with van der Waals surface area (Å²) in [6.07, 6.45) is 7.75. The molecule has 0 radical (unpaired) electrons. The number of nitrogens with two attached hydrogens (primary N) is 1. The molecule has 3 heteroatoms. The first-order valence-electron chi connectivity index (χ1n) is 7.83. The second kappa shape index (κ2) is 5.74. The van der Waals surface area contributed by atoms with Gasteiger partial charge in [0.15, 0.2) is 0 Å². The molecule has 0 bridgehead atoms. The quantitative estimate of drug-likeness (QED) is 0.913. The minimum Gasteiger partial charge on any atom is -0.491 e. The Bertz CT molecular complexity index is 435. The van der Waals surface area contributed by atoms with Crippen molar-refractivity contribution in [3.63, 3.8) is 0 Å². The van der Waals surface area contributed by atoms with Gasteiger partial charge >= 0.3 is 0 Å². The summed E-state index contributed by atoms with van der Waals surface area (Å²) < 4.78 is 12.1. The van der Waals surface area contributed by atoms with E-state index in [1.165, 1.54) is 32.1 Å². The molecule has 1 spiro atoms. The Labute approximate surface area is 121 Å². The second-order valence-electron chi connectivity index (χ2n) is 6.34. The first kappa shape index (κ1) is 13.9. The molecule has 3 rings (SSSR count). The Balaban J connectivity index is 1.50. The summed E-state index contributed by atoms with van der Waals surface area (Å²) in [6, 6.07) is 8.14. The molecule has 0 amide bonds. The zero-order valence-electron chi connectivity index (χ0n) is 12.3. The zero-order valence-corrected chi connectivity index (χ0v) is 12.3. The molecule has 1 aliphatic heterocycles. The van der Waals surface area contributed by atoms with Crippen molar-refractivity contribution in [1.29, 1.82) is 0 Å². The van der Waals surface area contributed by atoms with Crippen molar-refractivity contribution in [3.05, 3.63) is 29.8 Å². The molecule has 2 aliphatic rings. The molecule has 1 saturated carbocycles. The zero-order chi connectivity index (χ0) is 14.0. The van der Waals surface area contributed by atoms with E-state index in [2.05, 4.69) is 0 Å². The van der Waals surface area contributed by atoms with Crippen molar-refractivity contribution in [2.45, 2.75) is 63.2 Å². The van der Waals surface area contributed by atoms with Crippen LogP contribution in [0.2, 0.25) is 0 Å². The lowest BCUT2D eigenvalue weighted by atomic mass is 9.98. The highest BCUT2D eigenvalue weighted by Crippen LogP contribution is 2.43. The van der Waals surface area contributed by atoms with Gasteiger partial charge in [0.2, 0.25) is 0 Å². The largest absolute Gasteiger partial charge is 0.491 e. The van der Waals surface area contributed by atoms with Gasteiger partial charge in [0.25, 0.3) is 0 Å². The average Bonchev–Trinajstić information content (AvgIpc) is 3.08. The molecular weight excluding hydrogens is 250 g/mol. The maximum atomic E-state index is 6.25. The van der Waals surface area contributed by atoms with E-state index in [0.29, 0.717) is 6.61 Å². The Morgan fingerprint density at radius 3 is 2.60 bits per heavy atom. The van der Waals surface area contributed by atoms with E-state index in [0.717, 1.165) is 17.7 Å². The molecule has 1 aliphatic carbocycles. The molecule has 110 valence electrons. The van der Waals surface area contributed by atoms with E-state index in [1.807, 2.05) is 31.2 Å². The summed E-state index contributed by atoms with van der Waals surface area (Å²) in [5.74, 6) is 0.908. The number of benzene rings is 1. The summed E-state index contributed by atoms with van der Waals surface area (Å²) in [5, 5.41) is 0. The van der Waals surface area contributed by atoms with Crippen LogP contribution in [0.1, 0.15) is 57.1 Å². The topological polar surface area (TPSA) is 44.5 Å². The highest BCUT2D eigenvalue weighted by atomic mass is 16.6. The van der Waals surface area contributed by atoms with Crippen LogP contribution < -0.4 is 10.5 Å². The van der Waals surface area contributed by atoms with Gasteiger partial charge in [0, 0.05) is 6.04 Å². The molecule has 1 heterocycles. The van der Waals surface area contributed by atoms with Crippen molar-refractivity contribution in [1.82, 2.24) is 0 Å². The van der Waals surface area contributed by atoms with Crippen LogP contribution in [0.15, 0.2) is 24.3 Å². The van der Waals surface area contributed by atoms with Crippen LogP contribution in [-0.2, 0) is 4.74 Å². The summed E-state index contributed by atoms with van der Waals surface area (Å²) in [5.41, 5.74) is 7.18. The number of hydrogen-bond acceptors (Lipinski definition) is 3. The summed E-state index contributed by atoms with van der Waals surface area (Å²) in [7, 11) is 0. The molecule has 2 N–H and O–H groups in total. The minimum atomic E-state index is 0.0736. The van der Waals surface area contributed by atoms with E-state index in [4.69, 9.17) is 15.2 Å². The van der Waals surface area contributed by atoms with Crippen LogP contribution in [0.25, 0.3) is 0 Å². The van der Waals surface area contributed by atoms with Gasteiger partial charge in [-0.25, -0.2) is 0 Å². The fourth-order valence-corrected chi connectivity index (χ4v) is 3.46. The minimum absolute atomic E-state index is 0.0736. The summed E-state index contributed by atoms with van der Waals surface area (Å²) in [4.78, 5) is 0. The lowest BCUT2D eigenvalue weighted by Gasteiger charge is -2.23. The van der Waals surface area contributed by atoms with E-state index >= 15 is 0 Å². The van der Waals surface area contributed by atoms with Gasteiger partial charge in [-0.05, 0) is 50.3 Å². The molecule has 3 nitrogen and oxygen atoms in total. The third-order valence-corrected chi connectivity index (χ3v) is 4.70. The van der Waals surface area contributed by atoms with Crippen molar-refractivity contribution < 1.29 is 9.47 Å². The molecule has 1 saturated heterocycles. The van der Waals surface area contributed by atoms with Gasteiger partial charge in [0.1, 0.15) is 12.4 Å². The van der Waals surface area contributed by atoms with Crippen LogP contribution in [0.4, 0.5) is 0 Å². The Hall–Kier alpha value is -1.06. The van der Waals surface area contributed by atoms with Crippen molar-refractivity contribution >= 4 is 0 Å². The van der Waals surface area contributed by atoms with Crippen LogP contribution in [0.5, 0.6) is 5.75 Å². The van der Waals surface area contributed by atoms with Crippen LogP contribution in [-0.4, -0.2) is 18.3 Å². The molecule has 20 heavy (non-hydrogen) atoms. The SMILES string of the molecule is CC(N)c1ccc(OCC2CCC3(CCCC3)O2)cc1. The molecule has 2 unspecified atom stereocenters. The van der Waals surface area contributed by atoms with Crippen molar-refractivity contribution in [2.75, 3.05) is 6.61 Å². The Kier molecular flexibility index (Phi) is 3.99. The number of hydrogen-bond donors (Lipinski definition) is 1. The highest BCUT2D eigenvalue weighted by molar-refractivity contribution is 5.28. The fourth-order valence-electron chi connectivity index (χ4n) is 3.46. The average molecular weight is 275 g/mol. The highest BCUT2D eigenvalue weighted by Gasteiger charge is 2.42. The first-order valence-corrected chi connectivity index (χ1v) is 7.83. The van der Waals surface area contributed by atoms with Crippen molar-refractivity contribution in [3.8, 4) is 5.75 Å². The molecular formula is C17H25NO2. The fraction of sp³-hybridized carbons (Fsp3) is 0.647. The van der Waals surface area contributed by atoms with E-state index in [-0.39, 0.29) is 17.7 Å². The predicted molar refractivity (Wildman–Crippen MR) is 79.8 cm³/mol. The summed E-state index contributed by atoms with van der Waals surface area (Å²) >= 11 is 0. The van der Waals surface area contributed by atoms with Crippen LogP contribution in [0.3, 0.4) is 0 Å². The standard InChI is InChI=1S/C17H25NO2/c1-13(18)14-4-6-15(7-5-14)19-12-16-8-11-17(20-16)9-2-3-10-17/h4-7,13,16H,2-3,8-12,18H2,1H3. The van der Waals surface area contributed by atoms with Gasteiger partial charge in [0.05, 0.1) is 11.7 Å². The Morgan fingerprint density at radius 1 is 1.25 bits per heavy atom. The lowest BCUT2D eigenvalue weighted by molar-refractivity contribution is -0.0508. The van der Waals surface area contributed by atoms with Crippen LogP contribution in [0, 0.1) is 0 Å². The van der Waals surface area contributed by atoms with E-state index in [9.17, 15) is 0 Å². The van der Waals surface area contributed by atoms with Gasteiger partial charge in [-0.2, -0.15) is 0 Å². The third-order valence-electron chi connectivity index (χ3n) is 4.70. The van der Waals surface area contributed by atoms with Gasteiger partial charge in [-0.15, -0.1) is 0 Å². The van der Waals surface area contributed by atoms with Gasteiger partial charge in [-0.3, -0.25) is 0 Å². The maximum absolute atomic E-state index is 6.25. The predicted octanol–water partition coefficient (Wildman–Crippen LogP) is 3.58. The third kappa shape index (κ3) is 2.99. The molecule has 2 fully saturated rings. The molecule has 0 aromatic heterocycles. The second-order valence-corrected chi connectivity index (χ2v) is 6.34. The molecule has 1 aromatic carbocycles. The van der Waals surface area contributed by atoms with Gasteiger partial charge in [-0.1, -0.05) is 25.0 Å². The number of rotatable bonds is 4. The monoisotopic (exact) mass is 275 g/mol. The number of ether oxygens (including phenoxy) is 2. The first-order chi connectivity index (χ1) is 9.67.